The molecule has 1 aromatic heterocycles. The lowest BCUT2D eigenvalue weighted by molar-refractivity contribution is -0.124. The highest BCUT2D eigenvalue weighted by Gasteiger charge is 2.31. The number of pyridine rings is 1. The van der Waals surface area contributed by atoms with Crippen LogP contribution in [0, 0.1) is 19.8 Å². The fraction of sp³-hybridized carbons (Fsp3) is 0.314. The number of aromatic nitrogens is 1. The topological polar surface area (TPSA) is 121 Å². The number of carbonyl (C=O) groups is 1. The van der Waals surface area contributed by atoms with Crippen molar-refractivity contribution in [3.63, 3.8) is 0 Å². The molecule has 10 heteroatoms. The normalized spacial score (nSPS) is 13.0. The standard InChI is InChI=1S/C35H42N4O5S/c1-25(2)22-39(45(42,43)31-15-13-29(14-16-31)37-30-17-19-36-20-18-30)23-33(40)32(21-28-11-6-5-7-12-28)38-34(41)24-44-35-26(3)9-8-10-27(35)4/h5-20,25,32-33,40H,21-24H2,1-4H3,(H,36,37)(H,38,41)/t32-,33-/m0/s1. The number of hydrogen-bond donors (Lipinski definition) is 3. The molecule has 2 atom stereocenters. The van der Waals surface area contributed by atoms with Crippen LogP contribution in [0.2, 0.25) is 0 Å². The molecule has 4 rings (SSSR count). The Hall–Kier alpha value is -4.25. The third-order valence-corrected chi connectivity index (χ3v) is 9.13. The lowest BCUT2D eigenvalue weighted by Crippen LogP contribution is -2.52. The van der Waals surface area contributed by atoms with Crippen LogP contribution >= 0.6 is 0 Å². The number of rotatable bonds is 15. The molecular weight excluding hydrogens is 588 g/mol. The maximum Gasteiger partial charge on any atom is 0.258 e. The molecule has 3 N–H and O–H groups in total. The van der Waals surface area contributed by atoms with E-state index in [4.69, 9.17) is 4.74 Å². The van der Waals surface area contributed by atoms with Gasteiger partial charge >= 0.3 is 0 Å². The van der Waals surface area contributed by atoms with Crippen molar-refractivity contribution in [2.24, 2.45) is 5.92 Å². The third kappa shape index (κ3) is 9.62. The molecule has 1 amide bonds. The smallest absolute Gasteiger partial charge is 0.258 e. The molecule has 0 aliphatic heterocycles. The third-order valence-electron chi connectivity index (χ3n) is 7.29. The van der Waals surface area contributed by atoms with E-state index in [0.717, 1.165) is 28.1 Å². The molecule has 0 radical (unpaired) electrons. The van der Waals surface area contributed by atoms with Crippen molar-refractivity contribution in [1.82, 2.24) is 14.6 Å². The summed E-state index contributed by atoms with van der Waals surface area (Å²) >= 11 is 0. The number of para-hydroxylation sites is 1. The van der Waals surface area contributed by atoms with Gasteiger partial charge in [0.25, 0.3) is 5.91 Å². The number of ether oxygens (including phenoxy) is 1. The SMILES string of the molecule is Cc1cccc(C)c1OCC(=O)N[C@@H](Cc1ccccc1)[C@@H](O)CN(CC(C)C)S(=O)(=O)c1ccc(Nc2ccncc2)cc1. The van der Waals surface area contributed by atoms with Crippen LogP contribution in [-0.4, -0.2) is 60.6 Å². The summed E-state index contributed by atoms with van der Waals surface area (Å²) < 4.78 is 34.9. The summed E-state index contributed by atoms with van der Waals surface area (Å²) in [6.45, 7) is 7.42. The molecule has 0 saturated heterocycles. The minimum atomic E-state index is -3.97. The number of benzene rings is 3. The Morgan fingerprint density at radius 1 is 0.867 bits per heavy atom. The van der Waals surface area contributed by atoms with Gasteiger partial charge in [0.05, 0.1) is 17.0 Å². The maximum absolute atomic E-state index is 13.9. The van der Waals surface area contributed by atoms with Crippen LogP contribution < -0.4 is 15.4 Å². The predicted molar refractivity (Wildman–Crippen MR) is 177 cm³/mol. The first-order valence-electron chi connectivity index (χ1n) is 15.0. The van der Waals surface area contributed by atoms with E-state index in [1.807, 2.05) is 88.4 Å². The van der Waals surface area contributed by atoms with E-state index in [1.54, 1.807) is 36.7 Å². The summed E-state index contributed by atoms with van der Waals surface area (Å²) in [7, 11) is -3.97. The molecule has 1 heterocycles. The van der Waals surface area contributed by atoms with E-state index < -0.39 is 28.1 Å². The summed E-state index contributed by atoms with van der Waals surface area (Å²) in [6, 6.07) is 24.6. The van der Waals surface area contributed by atoms with Crippen molar-refractivity contribution in [3.8, 4) is 5.75 Å². The number of sulfonamides is 1. The number of nitrogens with one attached hydrogen (secondary N) is 2. The van der Waals surface area contributed by atoms with Crippen molar-refractivity contribution in [1.29, 1.82) is 0 Å². The first-order valence-corrected chi connectivity index (χ1v) is 16.4. The fourth-order valence-corrected chi connectivity index (χ4v) is 6.66. The van der Waals surface area contributed by atoms with Gasteiger partial charge in [-0.2, -0.15) is 4.31 Å². The van der Waals surface area contributed by atoms with Gasteiger partial charge in [-0.05, 0) is 79.3 Å². The Morgan fingerprint density at radius 3 is 2.11 bits per heavy atom. The van der Waals surface area contributed by atoms with E-state index in [1.165, 1.54) is 4.31 Å². The minimum Gasteiger partial charge on any atom is -0.483 e. The predicted octanol–water partition coefficient (Wildman–Crippen LogP) is 5.26. The molecule has 0 spiro atoms. The first-order chi connectivity index (χ1) is 21.5. The van der Waals surface area contributed by atoms with Crippen LogP contribution in [0.4, 0.5) is 11.4 Å². The highest BCUT2D eigenvalue weighted by atomic mass is 32.2. The molecule has 238 valence electrons. The van der Waals surface area contributed by atoms with E-state index in [-0.39, 0.29) is 30.5 Å². The molecule has 0 aliphatic carbocycles. The number of amides is 1. The lowest BCUT2D eigenvalue weighted by atomic mass is 10.0. The zero-order chi connectivity index (χ0) is 32.4. The van der Waals surface area contributed by atoms with Crippen molar-refractivity contribution in [2.75, 3.05) is 25.0 Å². The van der Waals surface area contributed by atoms with Crippen molar-refractivity contribution < 1.29 is 23.1 Å². The van der Waals surface area contributed by atoms with Gasteiger partial charge in [-0.3, -0.25) is 9.78 Å². The van der Waals surface area contributed by atoms with Gasteiger partial charge in [0.1, 0.15) is 5.75 Å². The lowest BCUT2D eigenvalue weighted by Gasteiger charge is -2.31. The Bertz CT molecular complexity index is 1610. The van der Waals surface area contributed by atoms with Crippen molar-refractivity contribution >= 4 is 27.3 Å². The van der Waals surface area contributed by atoms with Crippen molar-refractivity contribution in [3.05, 3.63) is 114 Å². The zero-order valence-electron chi connectivity index (χ0n) is 26.2. The summed E-state index contributed by atoms with van der Waals surface area (Å²) in [4.78, 5) is 17.2. The van der Waals surface area contributed by atoms with Gasteiger partial charge in [0, 0.05) is 36.9 Å². The van der Waals surface area contributed by atoms with Crippen LogP contribution in [0.1, 0.15) is 30.5 Å². The van der Waals surface area contributed by atoms with Gasteiger partial charge < -0.3 is 20.5 Å². The monoisotopic (exact) mass is 630 g/mol. The second-order valence-electron chi connectivity index (χ2n) is 11.5. The fourth-order valence-electron chi connectivity index (χ4n) is 5.04. The second kappa shape index (κ2) is 15.7. The number of carbonyl (C=O) groups excluding carboxylic acids is 1. The largest absolute Gasteiger partial charge is 0.483 e. The highest BCUT2D eigenvalue weighted by Crippen LogP contribution is 2.24. The van der Waals surface area contributed by atoms with E-state index >= 15 is 0 Å². The van der Waals surface area contributed by atoms with E-state index in [2.05, 4.69) is 15.6 Å². The number of aryl methyl sites for hydroxylation is 2. The molecule has 0 saturated carbocycles. The van der Waals surface area contributed by atoms with Crippen LogP contribution in [-0.2, 0) is 21.2 Å². The Kier molecular flexibility index (Phi) is 11.7. The molecular formula is C35H42N4O5S. The van der Waals surface area contributed by atoms with E-state index in [0.29, 0.717) is 12.2 Å². The summed E-state index contributed by atoms with van der Waals surface area (Å²) in [6.07, 6.45) is 2.45. The van der Waals surface area contributed by atoms with Gasteiger partial charge in [0.2, 0.25) is 10.0 Å². The van der Waals surface area contributed by atoms with Gasteiger partial charge in [-0.1, -0.05) is 62.4 Å². The Morgan fingerprint density at radius 2 is 1.49 bits per heavy atom. The molecule has 0 aliphatic rings. The number of anilines is 2. The molecule has 4 aromatic rings. The highest BCUT2D eigenvalue weighted by molar-refractivity contribution is 7.89. The average molecular weight is 631 g/mol. The number of hydrogen-bond acceptors (Lipinski definition) is 7. The Labute approximate surface area is 266 Å². The molecule has 0 unspecified atom stereocenters. The van der Waals surface area contributed by atoms with Gasteiger partial charge in [-0.25, -0.2) is 8.42 Å². The first kappa shape index (κ1) is 33.6. The number of aliphatic hydroxyl groups is 1. The summed E-state index contributed by atoms with van der Waals surface area (Å²) in [5.74, 6) is 0.227. The van der Waals surface area contributed by atoms with Crippen LogP contribution in [0.15, 0.2) is 102 Å². The van der Waals surface area contributed by atoms with Crippen molar-refractivity contribution in [2.45, 2.75) is 51.2 Å². The van der Waals surface area contributed by atoms with Crippen LogP contribution in [0.5, 0.6) is 5.75 Å². The number of aliphatic hydroxyl groups excluding tert-OH is 1. The second-order valence-corrected chi connectivity index (χ2v) is 13.5. The van der Waals surface area contributed by atoms with Gasteiger partial charge in [0.15, 0.2) is 6.61 Å². The summed E-state index contributed by atoms with van der Waals surface area (Å²) in [5, 5.41) is 17.6. The molecule has 9 nitrogen and oxygen atoms in total. The molecule has 0 fully saturated rings. The maximum atomic E-state index is 13.9. The molecule has 45 heavy (non-hydrogen) atoms. The van der Waals surface area contributed by atoms with Crippen LogP contribution in [0.25, 0.3) is 0 Å². The average Bonchev–Trinajstić information content (AvgIpc) is 3.01. The minimum absolute atomic E-state index is 0.00692. The van der Waals surface area contributed by atoms with Gasteiger partial charge in [-0.15, -0.1) is 0 Å². The van der Waals surface area contributed by atoms with Crippen LogP contribution in [0.3, 0.4) is 0 Å². The molecule has 0 bridgehead atoms. The summed E-state index contributed by atoms with van der Waals surface area (Å²) in [5.41, 5.74) is 4.28. The number of nitrogens with zero attached hydrogens (tertiary/aromatic N) is 2. The molecule has 3 aromatic carbocycles. The zero-order valence-corrected chi connectivity index (χ0v) is 27.0. The quantitative estimate of drug-likeness (QED) is 0.164. The Balaban J connectivity index is 1.51. The van der Waals surface area contributed by atoms with E-state index in [9.17, 15) is 18.3 Å².